The molecule has 1 atom stereocenters. The second-order valence-electron chi connectivity index (χ2n) is 5.69. The van der Waals surface area contributed by atoms with E-state index in [2.05, 4.69) is 48.3 Å². The zero-order valence-electron chi connectivity index (χ0n) is 12.5. The third-order valence-electron chi connectivity index (χ3n) is 4.25. The molecule has 1 fully saturated rings. The number of hydrogen-bond donors (Lipinski definition) is 1. The molecule has 1 unspecified atom stereocenters. The maximum Gasteiger partial charge on any atom is 0.0239 e. The fourth-order valence-corrected chi connectivity index (χ4v) is 2.97. The van der Waals surface area contributed by atoms with E-state index in [9.17, 15) is 0 Å². The Morgan fingerprint density at radius 3 is 2.74 bits per heavy atom. The van der Waals surface area contributed by atoms with Gasteiger partial charge < -0.3 is 5.32 Å². The summed E-state index contributed by atoms with van der Waals surface area (Å²) < 4.78 is 0. The first-order valence-electron chi connectivity index (χ1n) is 7.82. The van der Waals surface area contributed by atoms with Crippen LogP contribution in [-0.4, -0.2) is 30.6 Å². The molecule has 0 amide bonds. The molecule has 2 rings (SSSR count). The predicted octanol–water partition coefficient (Wildman–Crippen LogP) is 3.21. The van der Waals surface area contributed by atoms with E-state index in [4.69, 9.17) is 0 Å². The van der Waals surface area contributed by atoms with Gasteiger partial charge in [0, 0.05) is 12.6 Å². The molecule has 2 heteroatoms. The second kappa shape index (κ2) is 7.66. The molecule has 1 heterocycles. The summed E-state index contributed by atoms with van der Waals surface area (Å²) in [5.74, 6) is 0. The Bertz CT molecular complexity index is 375. The van der Waals surface area contributed by atoms with Crippen molar-refractivity contribution < 1.29 is 0 Å². The normalized spacial score (nSPS) is 20.6. The first-order chi connectivity index (χ1) is 9.31. The molecule has 1 N–H and O–H groups in total. The van der Waals surface area contributed by atoms with Gasteiger partial charge in [-0.2, -0.15) is 0 Å². The maximum absolute atomic E-state index is 3.42. The largest absolute Gasteiger partial charge is 0.317 e. The van der Waals surface area contributed by atoms with Crippen molar-refractivity contribution in [1.29, 1.82) is 0 Å². The fourth-order valence-electron chi connectivity index (χ4n) is 2.97. The van der Waals surface area contributed by atoms with Gasteiger partial charge in [0.15, 0.2) is 0 Å². The highest BCUT2D eigenvalue weighted by atomic mass is 15.2. The minimum absolute atomic E-state index is 0.746. The molecule has 1 saturated heterocycles. The Balaban J connectivity index is 1.98. The number of rotatable bonds is 6. The summed E-state index contributed by atoms with van der Waals surface area (Å²) in [6.45, 7) is 9.09. The third-order valence-corrected chi connectivity index (χ3v) is 4.25. The lowest BCUT2D eigenvalue weighted by atomic mass is 10.00. The summed E-state index contributed by atoms with van der Waals surface area (Å²) in [7, 11) is 0. The topological polar surface area (TPSA) is 15.3 Å². The van der Waals surface area contributed by atoms with Crippen LogP contribution in [0.3, 0.4) is 0 Å². The summed E-state index contributed by atoms with van der Waals surface area (Å²) in [5, 5.41) is 3.42. The Morgan fingerprint density at radius 1 is 1.21 bits per heavy atom. The molecule has 0 aromatic heterocycles. The van der Waals surface area contributed by atoms with E-state index in [0.29, 0.717) is 0 Å². The number of benzene rings is 1. The Hall–Kier alpha value is -0.860. The van der Waals surface area contributed by atoms with Crippen molar-refractivity contribution >= 4 is 0 Å². The highest BCUT2D eigenvalue weighted by Gasteiger charge is 2.18. The average molecular weight is 260 g/mol. The van der Waals surface area contributed by atoms with E-state index < -0.39 is 0 Å². The van der Waals surface area contributed by atoms with Gasteiger partial charge in [-0.1, -0.05) is 37.6 Å². The van der Waals surface area contributed by atoms with Crippen LogP contribution < -0.4 is 5.32 Å². The number of piperidine rings is 1. The van der Waals surface area contributed by atoms with Crippen molar-refractivity contribution in [2.45, 2.75) is 52.1 Å². The average Bonchev–Trinajstić information content (AvgIpc) is 2.43. The lowest BCUT2D eigenvalue weighted by molar-refractivity contribution is 0.152. The minimum Gasteiger partial charge on any atom is -0.317 e. The van der Waals surface area contributed by atoms with Crippen LogP contribution in [0.5, 0.6) is 0 Å². The molecule has 2 nitrogen and oxygen atoms in total. The number of likely N-dealkylation sites (tertiary alicyclic amines) is 1. The molecule has 1 aromatic rings. The molecule has 1 aliphatic rings. The van der Waals surface area contributed by atoms with Gasteiger partial charge in [0.2, 0.25) is 0 Å². The van der Waals surface area contributed by atoms with Gasteiger partial charge in [0.25, 0.3) is 0 Å². The molecule has 106 valence electrons. The second-order valence-corrected chi connectivity index (χ2v) is 5.69. The minimum atomic E-state index is 0.746. The van der Waals surface area contributed by atoms with Crippen LogP contribution in [0.25, 0.3) is 0 Å². The first kappa shape index (κ1) is 14.5. The van der Waals surface area contributed by atoms with E-state index >= 15 is 0 Å². The number of hydrogen-bond acceptors (Lipinski definition) is 2. The van der Waals surface area contributed by atoms with Crippen molar-refractivity contribution in [3.05, 3.63) is 35.4 Å². The van der Waals surface area contributed by atoms with Crippen molar-refractivity contribution in [2.75, 3.05) is 19.6 Å². The SMILES string of the molecule is CCNCCc1ccccc1CN1CCCCC1C. The molecule has 0 saturated carbocycles. The van der Waals surface area contributed by atoms with Crippen molar-refractivity contribution in [2.24, 2.45) is 0 Å². The maximum atomic E-state index is 3.42. The summed E-state index contributed by atoms with van der Waals surface area (Å²) >= 11 is 0. The van der Waals surface area contributed by atoms with Gasteiger partial charge in [-0.3, -0.25) is 4.90 Å². The lowest BCUT2D eigenvalue weighted by Crippen LogP contribution is -2.37. The van der Waals surface area contributed by atoms with Gasteiger partial charge in [0.05, 0.1) is 0 Å². The zero-order chi connectivity index (χ0) is 13.5. The van der Waals surface area contributed by atoms with E-state index in [-0.39, 0.29) is 0 Å². The van der Waals surface area contributed by atoms with E-state index in [1.807, 2.05) is 0 Å². The standard InChI is InChI=1S/C17H28N2/c1-3-18-12-11-16-9-4-5-10-17(16)14-19-13-7-6-8-15(19)2/h4-5,9-10,15,18H,3,6-8,11-14H2,1-2H3. The predicted molar refractivity (Wildman–Crippen MR) is 82.4 cm³/mol. The van der Waals surface area contributed by atoms with Crippen molar-refractivity contribution in [3.8, 4) is 0 Å². The molecule has 0 radical (unpaired) electrons. The van der Waals surface area contributed by atoms with Crippen LogP contribution in [0.1, 0.15) is 44.2 Å². The van der Waals surface area contributed by atoms with E-state index in [1.54, 1.807) is 0 Å². The first-order valence-corrected chi connectivity index (χ1v) is 7.82. The van der Waals surface area contributed by atoms with Crippen LogP contribution >= 0.6 is 0 Å². The Morgan fingerprint density at radius 2 is 2.00 bits per heavy atom. The highest BCUT2D eigenvalue weighted by molar-refractivity contribution is 5.27. The van der Waals surface area contributed by atoms with Crippen LogP contribution in [0.15, 0.2) is 24.3 Å². The fraction of sp³-hybridized carbons (Fsp3) is 0.647. The lowest BCUT2D eigenvalue weighted by Gasteiger charge is -2.33. The summed E-state index contributed by atoms with van der Waals surface area (Å²) in [6.07, 6.45) is 5.27. The molecular weight excluding hydrogens is 232 g/mol. The monoisotopic (exact) mass is 260 g/mol. The quantitative estimate of drug-likeness (QED) is 0.790. The van der Waals surface area contributed by atoms with Gasteiger partial charge in [0.1, 0.15) is 0 Å². The summed E-state index contributed by atoms with van der Waals surface area (Å²) in [5.41, 5.74) is 3.04. The number of nitrogens with zero attached hydrogens (tertiary/aromatic N) is 1. The molecule has 0 bridgehead atoms. The molecule has 19 heavy (non-hydrogen) atoms. The van der Waals surface area contributed by atoms with Gasteiger partial charge >= 0.3 is 0 Å². The van der Waals surface area contributed by atoms with Gasteiger partial charge in [-0.25, -0.2) is 0 Å². The number of likely N-dealkylation sites (N-methyl/N-ethyl adjacent to an activating group) is 1. The summed E-state index contributed by atoms with van der Waals surface area (Å²) in [6, 6.07) is 9.70. The van der Waals surface area contributed by atoms with Crippen molar-refractivity contribution in [1.82, 2.24) is 10.2 Å². The Labute approximate surface area is 118 Å². The van der Waals surface area contributed by atoms with Crippen LogP contribution in [0, 0.1) is 0 Å². The van der Waals surface area contributed by atoms with Crippen LogP contribution in [0.2, 0.25) is 0 Å². The Kier molecular flexibility index (Phi) is 5.87. The van der Waals surface area contributed by atoms with Gasteiger partial charge in [-0.05, 0) is 56.9 Å². The third kappa shape index (κ3) is 4.32. The van der Waals surface area contributed by atoms with Crippen LogP contribution in [-0.2, 0) is 13.0 Å². The van der Waals surface area contributed by atoms with E-state index in [1.165, 1.54) is 36.9 Å². The number of nitrogens with one attached hydrogen (secondary N) is 1. The van der Waals surface area contributed by atoms with Gasteiger partial charge in [-0.15, -0.1) is 0 Å². The van der Waals surface area contributed by atoms with Crippen molar-refractivity contribution in [3.63, 3.8) is 0 Å². The zero-order valence-corrected chi connectivity index (χ0v) is 12.5. The highest BCUT2D eigenvalue weighted by Crippen LogP contribution is 2.20. The van der Waals surface area contributed by atoms with E-state index in [0.717, 1.165) is 32.1 Å². The molecule has 0 spiro atoms. The molecule has 0 aliphatic carbocycles. The smallest absolute Gasteiger partial charge is 0.0239 e. The summed E-state index contributed by atoms with van der Waals surface area (Å²) in [4.78, 5) is 2.65. The molecule has 1 aromatic carbocycles. The molecule has 1 aliphatic heterocycles. The molecular formula is C17H28N2. The van der Waals surface area contributed by atoms with Crippen LogP contribution in [0.4, 0.5) is 0 Å².